The van der Waals surface area contributed by atoms with Crippen LogP contribution in [0.4, 0.5) is 0 Å². The van der Waals surface area contributed by atoms with Crippen molar-refractivity contribution in [1.29, 1.82) is 0 Å². The summed E-state index contributed by atoms with van der Waals surface area (Å²) in [6, 6.07) is 76.8. The summed E-state index contributed by atoms with van der Waals surface area (Å²) < 4.78 is 2.44. The van der Waals surface area contributed by atoms with E-state index in [0.29, 0.717) is 17.5 Å². The zero-order valence-corrected chi connectivity index (χ0v) is 34.3. The minimum absolute atomic E-state index is 0.399. The summed E-state index contributed by atoms with van der Waals surface area (Å²) >= 11 is 1.79. The van der Waals surface area contributed by atoms with Crippen LogP contribution >= 0.6 is 11.3 Å². The Hall–Kier alpha value is -7.79. The van der Waals surface area contributed by atoms with E-state index in [1.54, 1.807) is 11.3 Å². The second kappa shape index (κ2) is 13.6. The Morgan fingerprint density at radius 3 is 1.39 bits per heavy atom. The average Bonchev–Trinajstić information content (AvgIpc) is 3.99. The molecule has 0 amide bonds. The van der Waals surface area contributed by atoms with Gasteiger partial charge in [0.1, 0.15) is 0 Å². The van der Waals surface area contributed by atoms with Gasteiger partial charge < -0.3 is 0 Å². The normalized spacial score (nSPS) is 13.0. The van der Waals surface area contributed by atoms with Gasteiger partial charge in [-0.1, -0.05) is 200 Å². The molecule has 0 radical (unpaired) electrons. The molecular weight excluding hydrogens is 771 g/mol. The lowest BCUT2D eigenvalue weighted by atomic mass is 9.68. The van der Waals surface area contributed by atoms with Crippen molar-refractivity contribution in [2.24, 2.45) is 0 Å². The summed E-state index contributed by atoms with van der Waals surface area (Å²) in [6.07, 6.45) is 0. The number of fused-ring (bicyclic) bond motifs is 13. The van der Waals surface area contributed by atoms with E-state index in [9.17, 15) is 0 Å². The van der Waals surface area contributed by atoms with Crippen molar-refractivity contribution < 1.29 is 0 Å². The third-order valence-electron chi connectivity index (χ3n) is 13.0. The Labute approximate surface area is 363 Å². The van der Waals surface area contributed by atoms with Crippen LogP contribution in [-0.4, -0.2) is 15.0 Å². The summed E-state index contributed by atoms with van der Waals surface area (Å²) in [6.45, 7) is 0. The molecule has 0 N–H and O–H groups in total. The van der Waals surface area contributed by atoms with Gasteiger partial charge in [-0.25, -0.2) is 15.0 Å². The van der Waals surface area contributed by atoms with E-state index >= 15 is 0 Å². The van der Waals surface area contributed by atoms with Crippen LogP contribution in [0.25, 0.3) is 98.8 Å². The summed E-state index contributed by atoms with van der Waals surface area (Å²) in [7, 11) is 0. The molecule has 2 aliphatic rings. The van der Waals surface area contributed by atoms with Crippen LogP contribution in [0.3, 0.4) is 0 Å². The molecule has 3 nitrogen and oxygen atoms in total. The number of aromatic nitrogens is 3. The summed E-state index contributed by atoms with van der Waals surface area (Å²) in [5.41, 5.74) is 18.0. The van der Waals surface area contributed by atoms with Gasteiger partial charge in [0.05, 0.1) is 5.41 Å². The van der Waals surface area contributed by atoms with Gasteiger partial charge in [0, 0.05) is 36.9 Å². The molecule has 0 fully saturated rings. The summed E-state index contributed by atoms with van der Waals surface area (Å²) in [4.78, 5) is 15.3. The van der Waals surface area contributed by atoms with E-state index in [0.717, 1.165) is 27.8 Å². The second-order valence-corrected chi connectivity index (χ2v) is 17.3. The van der Waals surface area contributed by atoms with Gasteiger partial charge in [-0.2, -0.15) is 0 Å². The molecule has 2 aromatic heterocycles. The number of hydrogen-bond donors (Lipinski definition) is 0. The molecule has 62 heavy (non-hydrogen) atoms. The van der Waals surface area contributed by atoms with Gasteiger partial charge in [0.25, 0.3) is 0 Å². The zero-order valence-electron chi connectivity index (χ0n) is 33.5. The predicted octanol–water partition coefficient (Wildman–Crippen LogP) is 14.9. The lowest BCUT2D eigenvalue weighted by Gasteiger charge is -2.32. The van der Waals surface area contributed by atoms with Gasteiger partial charge in [-0.15, -0.1) is 11.3 Å². The third-order valence-corrected chi connectivity index (χ3v) is 14.2. The number of thiophene rings is 1. The Balaban J connectivity index is 0.890. The van der Waals surface area contributed by atoms with Crippen LogP contribution in [0.1, 0.15) is 22.3 Å². The van der Waals surface area contributed by atoms with Crippen LogP contribution in [-0.2, 0) is 5.41 Å². The Morgan fingerprint density at radius 1 is 0.290 bits per heavy atom. The molecule has 4 heteroatoms. The monoisotopic (exact) mass is 805 g/mol. The molecule has 0 bridgehead atoms. The third kappa shape index (κ3) is 5.08. The number of rotatable bonds is 5. The highest BCUT2D eigenvalue weighted by molar-refractivity contribution is 7.26. The van der Waals surface area contributed by atoms with E-state index in [1.165, 1.54) is 75.8 Å². The van der Waals surface area contributed by atoms with Crippen LogP contribution in [0.15, 0.2) is 212 Å². The molecule has 1 spiro atoms. The molecule has 0 aliphatic heterocycles. The molecule has 13 rings (SSSR count). The topological polar surface area (TPSA) is 38.7 Å². The van der Waals surface area contributed by atoms with Crippen molar-refractivity contribution in [3.05, 3.63) is 235 Å². The van der Waals surface area contributed by atoms with E-state index in [1.807, 2.05) is 18.2 Å². The molecule has 2 aliphatic carbocycles. The molecular formula is C58H35N3S. The summed E-state index contributed by atoms with van der Waals surface area (Å²) in [5.74, 6) is 1.98. The highest BCUT2D eigenvalue weighted by Crippen LogP contribution is 2.64. The van der Waals surface area contributed by atoms with E-state index < -0.39 is 5.41 Å². The Morgan fingerprint density at radius 2 is 0.726 bits per heavy atom. The predicted molar refractivity (Wildman–Crippen MR) is 256 cm³/mol. The van der Waals surface area contributed by atoms with Crippen LogP contribution in [0.5, 0.6) is 0 Å². The molecule has 9 aromatic carbocycles. The van der Waals surface area contributed by atoms with Gasteiger partial charge in [0.2, 0.25) is 0 Å². The van der Waals surface area contributed by atoms with E-state index in [4.69, 9.17) is 15.0 Å². The largest absolute Gasteiger partial charge is 0.208 e. The maximum atomic E-state index is 5.15. The zero-order chi connectivity index (χ0) is 40.8. The van der Waals surface area contributed by atoms with Gasteiger partial charge in [0.15, 0.2) is 17.5 Å². The first kappa shape index (κ1) is 35.0. The van der Waals surface area contributed by atoms with Crippen molar-refractivity contribution in [2.75, 3.05) is 0 Å². The maximum absolute atomic E-state index is 5.15. The Kier molecular flexibility index (Phi) is 7.69. The molecule has 2 heterocycles. The fraction of sp³-hybridized carbons (Fsp3) is 0.0172. The van der Waals surface area contributed by atoms with Crippen LogP contribution < -0.4 is 0 Å². The molecule has 0 saturated carbocycles. The quantitative estimate of drug-likeness (QED) is 0.174. The van der Waals surface area contributed by atoms with Crippen molar-refractivity contribution in [3.8, 4) is 78.7 Å². The minimum Gasteiger partial charge on any atom is -0.208 e. The smallest absolute Gasteiger partial charge is 0.165 e. The maximum Gasteiger partial charge on any atom is 0.165 e. The summed E-state index contributed by atoms with van der Waals surface area (Å²) in [5, 5.41) is 2.47. The molecule has 0 atom stereocenters. The van der Waals surface area contributed by atoms with Gasteiger partial charge in [-0.05, 0) is 78.9 Å². The molecule has 0 saturated heterocycles. The Bertz CT molecular complexity index is 3500. The fourth-order valence-electron chi connectivity index (χ4n) is 10.3. The lowest BCUT2D eigenvalue weighted by molar-refractivity contribution is 0.796. The number of nitrogens with zero attached hydrogens (tertiary/aromatic N) is 3. The first-order valence-corrected chi connectivity index (χ1v) is 21.9. The average molecular weight is 806 g/mol. The second-order valence-electron chi connectivity index (χ2n) is 16.2. The molecule has 11 aromatic rings. The number of hydrogen-bond acceptors (Lipinski definition) is 4. The van der Waals surface area contributed by atoms with Crippen molar-refractivity contribution >= 4 is 31.5 Å². The standard InChI is InChI=1S/C58H35N3S/c1-2-14-39(15-3-1)55-59-56(61-57(60-55)48-23-13-22-47-45-19-7-11-27-52(45)62-54(47)48)40-34-30-37(31-35-40)36-28-32-38(33-29-36)41-20-12-21-46-44-18-6-10-26-51(44)58(53(41)46)49-24-8-4-16-42(49)43-17-5-9-25-50(43)58/h1-35H. The first-order valence-electron chi connectivity index (χ1n) is 21.1. The van der Waals surface area contributed by atoms with Crippen molar-refractivity contribution in [2.45, 2.75) is 5.41 Å². The molecule has 288 valence electrons. The highest BCUT2D eigenvalue weighted by Gasteiger charge is 2.52. The number of benzene rings is 9. The van der Waals surface area contributed by atoms with Crippen LogP contribution in [0.2, 0.25) is 0 Å². The van der Waals surface area contributed by atoms with Gasteiger partial charge >= 0.3 is 0 Å². The van der Waals surface area contributed by atoms with Gasteiger partial charge in [-0.3, -0.25) is 0 Å². The van der Waals surface area contributed by atoms with E-state index in [-0.39, 0.29) is 0 Å². The van der Waals surface area contributed by atoms with Crippen molar-refractivity contribution in [1.82, 2.24) is 15.0 Å². The van der Waals surface area contributed by atoms with Crippen LogP contribution in [0, 0.1) is 0 Å². The van der Waals surface area contributed by atoms with E-state index in [2.05, 4.69) is 194 Å². The lowest BCUT2D eigenvalue weighted by Crippen LogP contribution is -2.26. The molecule has 0 unspecified atom stereocenters. The first-order chi connectivity index (χ1) is 30.7. The van der Waals surface area contributed by atoms with Crippen molar-refractivity contribution in [3.63, 3.8) is 0 Å². The minimum atomic E-state index is -0.399. The highest BCUT2D eigenvalue weighted by atomic mass is 32.1. The SMILES string of the molecule is c1ccc(-c2nc(-c3ccc(-c4ccc(-c5cccc6c5C5(c7ccccc7-c7ccccc75)c5ccccc5-6)cc4)cc3)nc(-c3cccc4c3sc3ccccc34)n2)cc1. The fourth-order valence-corrected chi connectivity index (χ4v) is 11.5.